The normalized spacial score (nSPS) is 26.1. The Balaban J connectivity index is 2.80. The first-order valence-corrected chi connectivity index (χ1v) is 11.4. The molecule has 0 aromatic carbocycles. The Morgan fingerprint density at radius 1 is 0.867 bits per heavy atom. The second-order valence-electron chi connectivity index (χ2n) is 6.99. The molecule has 0 bridgehead atoms. The van der Waals surface area contributed by atoms with E-state index >= 15 is 0 Å². The lowest BCUT2D eigenvalue weighted by Gasteiger charge is -2.43. The van der Waals surface area contributed by atoms with Gasteiger partial charge in [-0.1, -0.05) is 13.3 Å². The molecule has 1 aliphatic rings. The molecule has 10 heteroatoms. The number of esters is 3. The summed E-state index contributed by atoms with van der Waals surface area (Å²) in [5.41, 5.74) is 0. The molecule has 0 aromatic heterocycles. The largest absolute Gasteiger partial charge is 0.456 e. The van der Waals surface area contributed by atoms with Gasteiger partial charge in [-0.05, 0) is 30.8 Å². The molecule has 1 N–H and O–H groups in total. The van der Waals surface area contributed by atoms with E-state index in [4.69, 9.17) is 23.7 Å². The van der Waals surface area contributed by atoms with E-state index in [1.165, 1.54) is 33.6 Å². The molecule has 1 saturated heterocycles. The van der Waals surface area contributed by atoms with E-state index in [1.807, 2.05) is 11.8 Å². The van der Waals surface area contributed by atoms with Gasteiger partial charge in [0.05, 0.1) is 6.61 Å². The van der Waals surface area contributed by atoms with Gasteiger partial charge in [-0.2, -0.15) is 11.8 Å². The molecule has 1 aliphatic heterocycles. The molecule has 1 rings (SSSR count). The summed E-state index contributed by atoms with van der Waals surface area (Å²) in [5.74, 6) is 0.214. The third kappa shape index (κ3) is 9.63. The van der Waals surface area contributed by atoms with Crippen molar-refractivity contribution < 1.29 is 43.2 Å². The van der Waals surface area contributed by atoms with Crippen molar-refractivity contribution in [2.75, 3.05) is 24.7 Å². The van der Waals surface area contributed by atoms with Crippen molar-refractivity contribution in [3.63, 3.8) is 0 Å². The molecule has 2 unspecified atom stereocenters. The number of hydrogen-bond acceptors (Lipinski definition) is 10. The van der Waals surface area contributed by atoms with Crippen LogP contribution in [0.5, 0.6) is 0 Å². The Labute approximate surface area is 182 Å². The number of carbonyl (C=O) groups is 3. The summed E-state index contributed by atoms with van der Waals surface area (Å²) < 4.78 is 27.3. The maximum absolute atomic E-state index is 11.6. The van der Waals surface area contributed by atoms with Crippen molar-refractivity contribution >= 4 is 29.7 Å². The molecule has 0 amide bonds. The molecule has 1 fully saturated rings. The summed E-state index contributed by atoms with van der Waals surface area (Å²) in [6, 6.07) is 0. The molecule has 0 radical (unpaired) electrons. The van der Waals surface area contributed by atoms with Gasteiger partial charge >= 0.3 is 17.9 Å². The van der Waals surface area contributed by atoms with E-state index in [1.54, 1.807) is 0 Å². The Hall–Kier alpha value is -1.36. The topological polar surface area (TPSA) is 118 Å². The maximum Gasteiger partial charge on any atom is 0.303 e. The smallest absolute Gasteiger partial charge is 0.303 e. The van der Waals surface area contributed by atoms with Crippen LogP contribution in [0.25, 0.3) is 0 Å². The number of aliphatic hydroxyl groups is 1. The van der Waals surface area contributed by atoms with E-state index in [0.29, 0.717) is 6.61 Å². The number of thioether (sulfide) groups is 1. The Bertz CT molecular complexity index is 542. The monoisotopic (exact) mass is 450 g/mol. The first-order valence-electron chi connectivity index (χ1n) is 10.3. The number of unbranched alkanes of at least 4 members (excludes halogenated alkanes) is 2. The Morgan fingerprint density at radius 3 is 2.00 bits per heavy atom. The third-order valence-electron chi connectivity index (χ3n) is 4.28. The van der Waals surface area contributed by atoms with Crippen LogP contribution in [0.15, 0.2) is 0 Å². The van der Waals surface area contributed by atoms with Crippen LogP contribution >= 0.6 is 11.8 Å². The summed E-state index contributed by atoms with van der Waals surface area (Å²) in [5, 5.41) is 9.70. The SMILES string of the molecule is CCCCSCCCCO[C@@H]1OC(CO)[C@@H](OC(C)=O)[C@H](OC(C)=O)C1OC(C)=O. The molecular weight excluding hydrogens is 416 g/mol. The fraction of sp³-hybridized carbons (Fsp3) is 0.850. The minimum Gasteiger partial charge on any atom is -0.456 e. The van der Waals surface area contributed by atoms with Crippen LogP contribution < -0.4 is 0 Å². The Morgan fingerprint density at radius 2 is 1.43 bits per heavy atom. The average Bonchev–Trinajstić information content (AvgIpc) is 2.66. The highest BCUT2D eigenvalue weighted by Crippen LogP contribution is 2.29. The molecule has 0 aromatic rings. The van der Waals surface area contributed by atoms with E-state index < -0.39 is 55.2 Å². The summed E-state index contributed by atoms with van der Waals surface area (Å²) in [6.45, 7) is 5.56. The second kappa shape index (κ2) is 14.6. The van der Waals surface area contributed by atoms with Crippen molar-refractivity contribution in [2.45, 2.75) is 84.1 Å². The van der Waals surface area contributed by atoms with Crippen LogP contribution in [0, 0.1) is 0 Å². The minimum absolute atomic E-state index is 0.333. The van der Waals surface area contributed by atoms with Gasteiger partial charge in [0.2, 0.25) is 0 Å². The third-order valence-corrected chi connectivity index (χ3v) is 5.44. The van der Waals surface area contributed by atoms with Crippen LogP contribution in [0.1, 0.15) is 53.4 Å². The highest BCUT2D eigenvalue weighted by Gasteiger charge is 2.52. The van der Waals surface area contributed by atoms with Crippen molar-refractivity contribution in [1.29, 1.82) is 0 Å². The van der Waals surface area contributed by atoms with Crippen molar-refractivity contribution in [3.8, 4) is 0 Å². The summed E-state index contributed by atoms with van der Waals surface area (Å²) in [4.78, 5) is 34.8. The van der Waals surface area contributed by atoms with Gasteiger partial charge in [-0.15, -0.1) is 0 Å². The fourth-order valence-electron chi connectivity index (χ4n) is 2.99. The Kier molecular flexibility index (Phi) is 13.0. The van der Waals surface area contributed by atoms with E-state index in [0.717, 1.165) is 24.3 Å². The van der Waals surface area contributed by atoms with Gasteiger partial charge < -0.3 is 28.8 Å². The predicted octanol–water partition coefficient (Wildman–Crippen LogP) is 1.83. The van der Waals surface area contributed by atoms with Gasteiger partial charge in [0.15, 0.2) is 24.6 Å². The zero-order valence-electron chi connectivity index (χ0n) is 18.2. The summed E-state index contributed by atoms with van der Waals surface area (Å²) in [7, 11) is 0. The highest BCUT2D eigenvalue weighted by molar-refractivity contribution is 7.99. The van der Waals surface area contributed by atoms with E-state index in [9.17, 15) is 19.5 Å². The van der Waals surface area contributed by atoms with E-state index in [2.05, 4.69) is 6.92 Å². The van der Waals surface area contributed by atoms with Crippen molar-refractivity contribution in [1.82, 2.24) is 0 Å². The minimum atomic E-state index is -1.17. The fourth-order valence-corrected chi connectivity index (χ4v) is 4.10. The van der Waals surface area contributed by atoms with Crippen molar-refractivity contribution in [2.24, 2.45) is 0 Å². The van der Waals surface area contributed by atoms with Crippen LogP contribution in [0.4, 0.5) is 0 Å². The zero-order valence-corrected chi connectivity index (χ0v) is 19.0. The van der Waals surface area contributed by atoms with Crippen LogP contribution in [0.2, 0.25) is 0 Å². The zero-order chi connectivity index (χ0) is 22.5. The molecule has 0 aliphatic carbocycles. The molecule has 9 nitrogen and oxygen atoms in total. The van der Waals surface area contributed by atoms with Gasteiger partial charge in [0, 0.05) is 27.4 Å². The van der Waals surface area contributed by atoms with Crippen LogP contribution in [-0.2, 0) is 38.1 Å². The van der Waals surface area contributed by atoms with Gasteiger partial charge in [0.25, 0.3) is 0 Å². The maximum atomic E-state index is 11.6. The van der Waals surface area contributed by atoms with Crippen LogP contribution in [-0.4, -0.2) is 78.4 Å². The van der Waals surface area contributed by atoms with Crippen molar-refractivity contribution in [3.05, 3.63) is 0 Å². The molecule has 0 saturated carbocycles. The lowest BCUT2D eigenvalue weighted by molar-refractivity contribution is -0.307. The lowest BCUT2D eigenvalue weighted by Crippen LogP contribution is -2.62. The first-order chi connectivity index (χ1) is 14.3. The standard InChI is InChI=1S/C20H34O9S/c1-5-6-10-30-11-8-7-9-25-20-19(28-15(4)24)18(27-14(3)23)17(26-13(2)22)16(12-21)29-20/h16-21H,5-12H2,1-4H3/t16?,17-,18+,19?,20-/m1/s1. The van der Waals surface area contributed by atoms with E-state index in [-0.39, 0.29) is 0 Å². The first kappa shape index (κ1) is 26.7. The molecule has 1 heterocycles. The number of ether oxygens (including phenoxy) is 5. The number of carbonyl (C=O) groups excluding carboxylic acids is 3. The van der Waals surface area contributed by atoms with Gasteiger partial charge in [-0.3, -0.25) is 14.4 Å². The van der Waals surface area contributed by atoms with Gasteiger partial charge in [-0.25, -0.2) is 0 Å². The molecule has 0 spiro atoms. The quantitative estimate of drug-likeness (QED) is 0.253. The molecule has 5 atom stereocenters. The molecular formula is C20H34O9S. The number of rotatable bonds is 13. The molecule has 174 valence electrons. The number of hydrogen-bond donors (Lipinski definition) is 1. The summed E-state index contributed by atoms with van der Waals surface area (Å²) >= 11 is 1.89. The predicted molar refractivity (Wildman–Crippen MR) is 110 cm³/mol. The second-order valence-corrected chi connectivity index (χ2v) is 8.22. The number of aliphatic hydroxyl groups excluding tert-OH is 1. The summed E-state index contributed by atoms with van der Waals surface area (Å²) in [6.07, 6.45) is -1.44. The van der Waals surface area contributed by atoms with Gasteiger partial charge in [0.1, 0.15) is 6.10 Å². The average molecular weight is 451 g/mol. The van der Waals surface area contributed by atoms with Crippen LogP contribution in [0.3, 0.4) is 0 Å². The molecule has 30 heavy (non-hydrogen) atoms. The highest BCUT2D eigenvalue weighted by atomic mass is 32.2. The lowest BCUT2D eigenvalue weighted by atomic mass is 9.98.